The molecule has 1 saturated heterocycles. The van der Waals surface area contributed by atoms with Gasteiger partial charge in [-0.3, -0.25) is 9.69 Å². The van der Waals surface area contributed by atoms with E-state index in [0.717, 1.165) is 37.4 Å². The highest BCUT2D eigenvalue weighted by Gasteiger charge is 2.23. The maximum Gasteiger partial charge on any atom is 0.234 e. The zero-order valence-electron chi connectivity index (χ0n) is 15.0. The Morgan fingerprint density at radius 2 is 1.92 bits per heavy atom. The first-order chi connectivity index (χ1) is 11.5. The number of nitrogens with zero attached hydrogens (tertiary/aromatic N) is 3. The largest absolute Gasteiger partial charge is 0.373 e. The number of amides is 1. The zero-order chi connectivity index (χ0) is 17.1. The predicted molar refractivity (Wildman–Crippen MR) is 91.7 cm³/mol. The molecule has 24 heavy (non-hydrogen) atoms. The van der Waals surface area contributed by atoms with Crippen LogP contribution in [0.25, 0.3) is 0 Å². The summed E-state index contributed by atoms with van der Waals surface area (Å²) in [6, 6.07) is 0. The molecule has 0 unspecified atom stereocenters. The van der Waals surface area contributed by atoms with E-state index in [2.05, 4.69) is 20.2 Å². The van der Waals surface area contributed by atoms with Crippen LogP contribution in [0.5, 0.6) is 0 Å². The van der Waals surface area contributed by atoms with E-state index in [9.17, 15) is 4.79 Å². The number of ether oxygens (including phenoxy) is 1. The number of rotatable bonds is 4. The summed E-state index contributed by atoms with van der Waals surface area (Å²) in [4.78, 5) is 23.6. The Morgan fingerprint density at radius 3 is 2.67 bits per heavy atom. The van der Waals surface area contributed by atoms with Gasteiger partial charge in [0.2, 0.25) is 5.91 Å². The van der Waals surface area contributed by atoms with E-state index < -0.39 is 0 Å². The molecule has 1 aromatic heterocycles. The summed E-state index contributed by atoms with van der Waals surface area (Å²) in [5.41, 5.74) is 3.56. The lowest BCUT2D eigenvalue weighted by Gasteiger charge is -2.34. The Morgan fingerprint density at radius 1 is 1.21 bits per heavy atom. The van der Waals surface area contributed by atoms with Crippen LogP contribution in [0.1, 0.15) is 49.5 Å². The molecule has 0 saturated carbocycles. The van der Waals surface area contributed by atoms with E-state index in [-0.39, 0.29) is 18.1 Å². The second-order valence-electron chi connectivity index (χ2n) is 7.09. The molecule has 1 aromatic rings. The van der Waals surface area contributed by atoms with Gasteiger partial charge in [-0.25, -0.2) is 9.97 Å². The molecule has 0 aromatic carbocycles. The smallest absolute Gasteiger partial charge is 0.234 e. The fourth-order valence-corrected chi connectivity index (χ4v) is 3.77. The van der Waals surface area contributed by atoms with Crippen LogP contribution in [0.15, 0.2) is 0 Å². The van der Waals surface area contributed by atoms with Gasteiger partial charge in [0.05, 0.1) is 25.3 Å². The average molecular weight is 332 g/mol. The Balaban J connectivity index is 1.54. The molecule has 2 heterocycles. The normalized spacial score (nSPS) is 24.5. The summed E-state index contributed by atoms with van der Waals surface area (Å²) in [5.74, 6) is 0.750. The molecule has 132 valence electrons. The Bertz CT molecular complexity index is 595. The van der Waals surface area contributed by atoms with Gasteiger partial charge in [0.25, 0.3) is 0 Å². The minimum Gasteiger partial charge on any atom is -0.373 e. The van der Waals surface area contributed by atoms with Crippen molar-refractivity contribution in [1.29, 1.82) is 0 Å². The number of hydrogen-bond acceptors (Lipinski definition) is 5. The molecule has 6 nitrogen and oxygen atoms in total. The summed E-state index contributed by atoms with van der Waals surface area (Å²) < 4.78 is 5.70. The van der Waals surface area contributed by atoms with Crippen LogP contribution in [0.2, 0.25) is 0 Å². The second-order valence-corrected chi connectivity index (χ2v) is 7.09. The number of aryl methyl sites for hydroxylation is 2. The molecule has 2 atom stereocenters. The van der Waals surface area contributed by atoms with Gasteiger partial charge in [-0.2, -0.15) is 0 Å². The van der Waals surface area contributed by atoms with Crippen molar-refractivity contribution in [2.45, 2.75) is 65.2 Å². The number of fused-ring (bicyclic) bond motifs is 1. The monoisotopic (exact) mass is 332 g/mol. The molecular weight excluding hydrogens is 304 g/mol. The van der Waals surface area contributed by atoms with E-state index in [1.807, 2.05) is 20.8 Å². The van der Waals surface area contributed by atoms with Crippen molar-refractivity contribution in [3.05, 3.63) is 22.8 Å². The Labute approximate surface area is 144 Å². The summed E-state index contributed by atoms with van der Waals surface area (Å²) >= 11 is 0. The van der Waals surface area contributed by atoms with Crippen LogP contribution in [0.4, 0.5) is 0 Å². The molecule has 1 aliphatic carbocycles. The Hall–Kier alpha value is -1.53. The second kappa shape index (κ2) is 7.57. The first kappa shape index (κ1) is 17.3. The van der Waals surface area contributed by atoms with Gasteiger partial charge in [0, 0.05) is 24.5 Å². The topological polar surface area (TPSA) is 67.4 Å². The summed E-state index contributed by atoms with van der Waals surface area (Å²) in [5, 5.41) is 2.96. The van der Waals surface area contributed by atoms with Gasteiger partial charge in [-0.05, 0) is 52.0 Å². The number of morpholine rings is 1. The highest BCUT2D eigenvalue weighted by atomic mass is 16.5. The van der Waals surface area contributed by atoms with Gasteiger partial charge < -0.3 is 10.1 Å². The number of carbonyl (C=O) groups excluding carboxylic acids is 1. The SMILES string of the molecule is Cc1nc(CNC(=O)CN2C[C@@H](C)O[C@@H](C)C2)nc2c1CCCC2. The molecule has 1 N–H and O–H groups in total. The predicted octanol–water partition coefficient (Wildman–Crippen LogP) is 1.39. The molecule has 1 amide bonds. The van der Waals surface area contributed by atoms with Crippen molar-refractivity contribution in [2.24, 2.45) is 0 Å². The lowest BCUT2D eigenvalue weighted by Crippen LogP contribution is -2.49. The lowest BCUT2D eigenvalue weighted by atomic mass is 9.95. The minimum atomic E-state index is 0.0234. The van der Waals surface area contributed by atoms with Crippen molar-refractivity contribution in [1.82, 2.24) is 20.2 Å². The first-order valence-corrected chi connectivity index (χ1v) is 9.01. The number of hydrogen-bond donors (Lipinski definition) is 1. The van der Waals surface area contributed by atoms with Crippen molar-refractivity contribution >= 4 is 5.91 Å². The van der Waals surface area contributed by atoms with Crippen molar-refractivity contribution in [3.63, 3.8) is 0 Å². The van der Waals surface area contributed by atoms with Crippen molar-refractivity contribution in [3.8, 4) is 0 Å². The van der Waals surface area contributed by atoms with Crippen LogP contribution in [-0.4, -0.2) is 52.6 Å². The Kier molecular flexibility index (Phi) is 5.46. The van der Waals surface area contributed by atoms with Gasteiger partial charge in [-0.15, -0.1) is 0 Å². The van der Waals surface area contributed by atoms with Gasteiger partial charge in [-0.1, -0.05) is 0 Å². The molecule has 0 radical (unpaired) electrons. The number of nitrogens with one attached hydrogen (secondary N) is 1. The van der Waals surface area contributed by atoms with Crippen LogP contribution >= 0.6 is 0 Å². The molecule has 0 bridgehead atoms. The van der Waals surface area contributed by atoms with Crippen LogP contribution in [0.3, 0.4) is 0 Å². The molecule has 2 aliphatic rings. The van der Waals surface area contributed by atoms with Crippen LogP contribution in [-0.2, 0) is 28.9 Å². The highest BCUT2D eigenvalue weighted by Crippen LogP contribution is 2.21. The van der Waals surface area contributed by atoms with Crippen LogP contribution in [0, 0.1) is 6.92 Å². The third-order valence-corrected chi connectivity index (χ3v) is 4.74. The molecule has 3 rings (SSSR count). The first-order valence-electron chi connectivity index (χ1n) is 9.01. The summed E-state index contributed by atoms with van der Waals surface area (Å²) in [6.07, 6.45) is 4.89. The van der Waals surface area contributed by atoms with E-state index in [0.29, 0.717) is 13.1 Å². The average Bonchev–Trinajstić information content (AvgIpc) is 2.52. The molecule has 1 aliphatic heterocycles. The fraction of sp³-hybridized carbons (Fsp3) is 0.722. The maximum absolute atomic E-state index is 12.2. The molecular formula is C18H28N4O2. The molecule has 0 spiro atoms. The summed E-state index contributed by atoms with van der Waals surface area (Å²) in [7, 11) is 0. The van der Waals surface area contributed by atoms with Gasteiger partial charge in [0.15, 0.2) is 0 Å². The van der Waals surface area contributed by atoms with E-state index in [4.69, 9.17) is 4.74 Å². The third-order valence-electron chi connectivity index (χ3n) is 4.74. The number of aromatic nitrogens is 2. The number of carbonyl (C=O) groups is 1. The molecule has 1 fully saturated rings. The highest BCUT2D eigenvalue weighted by molar-refractivity contribution is 5.77. The maximum atomic E-state index is 12.2. The van der Waals surface area contributed by atoms with Crippen LogP contribution < -0.4 is 5.32 Å². The van der Waals surface area contributed by atoms with Gasteiger partial charge in [0.1, 0.15) is 5.82 Å². The lowest BCUT2D eigenvalue weighted by molar-refractivity contribution is -0.126. The van der Waals surface area contributed by atoms with E-state index >= 15 is 0 Å². The third kappa shape index (κ3) is 4.30. The van der Waals surface area contributed by atoms with Gasteiger partial charge >= 0.3 is 0 Å². The standard InChI is InChI=1S/C18H28N4O2/c1-12-9-22(10-13(2)24-12)11-18(23)19-8-17-20-14(3)15-6-4-5-7-16(15)21-17/h12-13H,4-11H2,1-3H3,(H,19,23)/t12-,13+. The van der Waals surface area contributed by atoms with Crippen molar-refractivity contribution < 1.29 is 9.53 Å². The quantitative estimate of drug-likeness (QED) is 0.902. The van der Waals surface area contributed by atoms with E-state index in [1.54, 1.807) is 0 Å². The minimum absolute atomic E-state index is 0.0234. The molecule has 6 heteroatoms. The van der Waals surface area contributed by atoms with E-state index in [1.165, 1.54) is 24.1 Å². The van der Waals surface area contributed by atoms with Crippen molar-refractivity contribution in [2.75, 3.05) is 19.6 Å². The zero-order valence-corrected chi connectivity index (χ0v) is 15.0. The summed E-state index contributed by atoms with van der Waals surface area (Å²) in [6.45, 7) is 8.55. The fourth-order valence-electron chi connectivity index (χ4n) is 3.77.